The lowest BCUT2D eigenvalue weighted by molar-refractivity contribution is 0.0808. The van der Waals surface area contributed by atoms with Crippen molar-refractivity contribution in [2.75, 3.05) is 19.8 Å². The van der Waals surface area contributed by atoms with Crippen LogP contribution in [0.15, 0.2) is 0 Å². The quantitative estimate of drug-likeness (QED) is 0.652. The van der Waals surface area contributed by atoms with Gasteiger partial charge in [0, 0.05) is 12.6 Å². The molecule has 2 heteroatoms. The van der Waals surface area contributed by atoms with Gasteiger partial charge in [-0.15, -0.1) is 0 Å². The zero-order valence-corrected chi connectivity index (χ0v) is 11.1. The Morgan fingerprint density at radius 1 is 1.19 bits per heavy atom. The molecule has 1 fully saturated rings. The van der Waals surface area contributed by atoms with E-state index in [2.05, 4.69) is 19.2 Å². The van der Waals surface area contributed by atoms with Crippen molar-refractivity contribution >= 4 is 0 Å². The molecule has 0 aromatic heterocycles. The summed E-state index contributed by atoms with van der Waals surface area (Å²) in [5.74, 6) is 0.855. The fourth-order valence-corrected chi connectivity index (χ4v) is 2.50. The molecule has 0 heterocycles. The zero-order chi connectivity index (χ0) is 11.6. The van der Waals surface area contributed by atoms with Crippen LogP contribution in [0.3, 0.4) is 0 Å². The molecule has 1 aliphatic rings. The van der Waals surface area contributed by atoms with E-state index in [0.717, 1.165) is 25.7 Å². The van der Waals surface area contributed by atoms with E-state index in [9.17, 15) is 0 Å². The summed E-state index contributed by atoms with van der Waals surface area (Å²) >= 11 is 0. The average molecular weight is 227 g/mol. The molecule has 0 amide bonds. The van der Waals surface area contributed by atoms with Crippen LogP contribution in [0, 0.1) is 5.92 Å². The molecule has 0 aromatic rings. The first kappa shape index (κ1) is 14.0. The van der Waals surface area contributed by atoms with Gasteiger partial charge >= 0.3 is 0 Å². The molecule has 0 radical (unpaired) electrons. The zero-order valence-electron chi connectivity index (χ0n) is 11.1. The van der Waals surface area contributed by atoms with Crippen molar-refractivity contribution in [3.05, 3.63) is 0 Å². The van der Waals surface area contributed by atoms with Crippen LogP contribution in [-0.2, 0) is 4.74 Å². The minimum absolute atomic E-state index is 0.575. The van der Waals surface area contributed by atoms with E-state index < -0.39 is 0 Å². The van der Waals surface area contributed by atoms with Crippen molar-refractivity contribution in [3.63, 3.8) is 0 Å². The highest BCUT2D eigenvalue weighted by Gasteiger charge is 2.15. The first-order valence-corrected chi connectivity index (χ1v) is 7.18. The van der Waals surface area contributed by atoms with Crippen LogP contribution in [-0.4, -0.2) is 25.8 Å². The van der Waals surface area contributed by atoms with Gasteiger partial charge in [0.2, 0.25) is 0 Å². The Hall–Kier alpha value is -0.0800. The maximum atomic E-state index is 5.87. The van der Waals surface area contributed by atoms with Gasteiger partial charge in [-0.05, 0) is 38.1 Å². The van der Waals surface area contributed by atoms with E-state index in [1.165, 1.54) is 44.9 Å². The SMILES string of the molecule is CCCNC(CCC)COCC1CCCC1. The van der Waals surface area contributed by atoms with E-state index in [-0.39, 0.29) is 0 Å². The molecule has 16 heavy (non-hydrogen) atoms. The second kappa shape index (κ2) is 9.00. The van der Waals surface area contributed by atoms with Crippen molar-refractivity contribution in [2.24, 2.45) is 5.92 Å². The fourth-order valence-electron chi connectivity index (χ4n) is 2.50. The monoisotopic (exact) mass is 227 g/mol. The first-order chi connectivity index (χ1) is 7.86. The lowest BCUT2D eigenvalue weighted by Crippen LogP contribution is -2.34. The number of ether oxygens (including phenoxy) is 1. The minimum Gasteiger partial charge on any atom is -0.380 e. The molecule has 1 rings (SSSR count). The standard InChI is InChI=1S/C14H29NO/c1-3-7-14(15-10-4-2)12-16-11-13-8-5-6-9-13/h13-15H,3-12H2,1-2H3. The minimum atomic E-state index is 0.575. The average Bonchev–Trinajstić information content (AvgIpc) is 2.79. The van der Waals surface area contributed by atoms with Crippen LogP contribution in [0.2, 0.25) is 0 Å². The third kappa shape index (κ3) is 5.86. The molecule has 0 saturated heterocycles. The van der Waals surface area contributed by atoms with Gasteiger partial charge < -0.3 is 10.1 Å². The van der Waals surface area contributed by atoms with E-state index in [4.69, 9.17) is 4.74 Å². The van der Waals surface area contributed by atoms with E-state index in [0.29, 0.717) is 6.04 Å². The summed E-state index contributed by atoms with van der Waals surface area (Å²) in [5.41, 5.74) is 0. The van der Waals surface area contributed by atoms with Gasteiger partial charge in [-0.2, -0.15) is 0 Å². The number of hydrogen-bond acceptors (Lipinski definition) is 2. The molecule has 1 unspecified atom stereocenters. The first-order valence-electron chi connectivity index (χ1n) is 7.18. The fraction of sp³-hybridized carbons (Fsp3) is 1.00. The van der Waals surface area contributed by atoms with Gasteiger partial charge in [-0.1, -0.05) is 33.1 Å². The molecule has 0 aliphatic heterocycles. The van der Waals surface area contributed by atoms with E-state index >= 15 is 0 Å². The maximum absolute atomic E-state index is 5.87. The third-order valence-electron chi connectivity index (χ3n) is 3.47. The van der Waals surface area contributed by atoms with Gasteiger partial charge in [-0.3, -0.25) is 0 Å². The third-order valence-corrected chi connectivity index (χ3v) is 3.47. The number of rotatable bonds is 9. The Morgan fingerprint density at radius 3 is 2.56 bits per heavy atom. The molecule has 1 saturated carbocycles. The summed E-state index contributed by atoms with van der Waals surface area (Å²) in [6.45, 7) is 7.49. The summed E-state index contributed by atoms with van der Waals surface area (Å²) in [6.07, 6.45) is 9.31. The van der Waals surface area contributed by atoms with E-state index in [1.54, 1.807) is 0 Å². The Balaban J connectivity index is 2.05. The lowest BCUT2D eigenvalue weighted by atomic mass is 10.1. The second-order valence-electron chi connectivity index (χ2n) is 5.13. The summed E-state index contributed by atoms with van der Waals surface area (Å²) in [5, 5.41) is 3.57. The van der Waals surface area contributed by atoms with E-state index in [1.807, 2.05) is 0 Å². The Labute approximate surface area is 101 Å². The lowest BCUT2D eigenvalue weighted by Gasteiger charge is -2.19. The highest BCUT2D eigenvalue weighted by atomic mass is 16.5. The Bertz CT molecular complexity index is 155. The molecule has 96 valence electrons. The molecular weight excluding hydrogens is 198 g/mol. The van der Waals surface area contributed by atoms with Gasteiger partial charge in [-0.25, -0.2) is 0 Å². The van der Waals surface area contributed by atoms with Crippen LogP contribution in [0.25, 0.3) is 0 Å². The van der Waals surface area contributed by atoms with Crippen molar-refractivity contribution in [1.29, 1.82) is 0 Å². The van der Waals surface area contributed by atoms with Gasteiger partial charge in [0.25, 0.3) is 0 Å². The Morgan fingerprint density at radius 2 is 1.94 bits per heavy atom. The predicted octanol–water partition coefficient (Wildman–Crippen LogP) is 3.36. The number of nitrogens with one attached hydrogen (secondary N) is 1. The summed E-state index contributed by atoms with van der Waals surface area (Å²) < 4.78 is 5.87. The molecular formula is C14H29NO. The molecule has 1 N–H and O–H groups in total. The van der Waals surface area contributed by atoms with Crippen LogP contribution in [0.5, 0.6) is 0 Å². The molecule has 0 bridgehead atoms. The molecule has 2 nitrogen and oxygen atoms in total. The summed E-state index contributed by atoms with van der Waals surface area (Å²) in [7, 11) is 0. The smallest absolute Gasteiger partial charge is 0.0619 e. The largest absolute Gasteiger partial charge is 0.380 e. The van der Waals surface area contributed by atoms with Crippen LogP contribution in [0.1, 0.15) is 58.8 Å². The van der Waals surface area contributed by atoms with Gasteiger partial charge in [0.1, 0.15) is 0 Å². The van der Waals surface area contributed by atoms with Crippen molar-refractivity contribution in [2.45, 2.75) is 64.8 Å². The summed E-state index contributed by atoms with van der Waals surface area (Å²) in [4.78, 5) is 0. The van der Waals surface area contributed by atoms with Crippen molar-refractivity contribution in [1.82, 2.24) is 5.32 Å². The highest BCUT2D eigenvalue weighted by molar-refractivity contribution is 4.68. The van der Waals surface area contributed by atoms with Crippen LogP contribution >= 0.6 is 0 Å². The predicted molar refractivity (Wildman–Crippen MR) is 69.8 cm³/mol. The van der Waals surface area contributed by atoms with Crippen LogP contribution in [0.4, 0.5) is 0 Å². The number of hydrogen-bond donors (Lipinski definition) is 1. The van der Waals surface area contributed by atoms with Gasteiger partial charge in [0.05, 0.1) is 6.61 Å². The normalized spacial score (nSPS) is 19.1. The molecule has 1 atom stereocenters. The molecule has 0 spiro atoms. The van der Waals surface area contributed by atoms with Gasteiger partial charge in [0.15, 0.2) is 0 Å². The highest BCUT2D eigenvalue weighted by Crippen LogP contribution is 2.24. The topological polar surface area (TPSA) is 21.3 Å². The van der Waals surface area contributed by atoms with Crippen molar-refractivity contribution < 1.29 is 4.74 Å². The van der Waals surface area contributed by atoms with Crippen molar-refractivity contribution in [3.8, 4) is 0 Å². The maximum Gasteiger partial charge on any atom is 0.0619 e. The Kier molecular flexibility index (Phi) is 7.87. The second-order valence-corrected chi connectivity index (χ2v) is 5.13. The molecule has 0 aromatic carbocycles. The molecule has 1 aliphatic carbocycles. The summed E-state index contributed by atoms with van der Waals surface area (Å²) in [6, 6.07) is 0.575. The van der Waals surface area contributed by atoms with Crippen LogP contribution < -0.4 is 5.32 Å².